The van der Waals surface area contributed by atoms with Crippen molar-refractivity contribution in [3.8, 4) is 56.0 Å². The second-order valence-electron chi connectivity index (χ2n) is 13.3. The summed E-state index contributed by atoms with van der Waals surface area (Å²) in [5, 5.41) is 12.7. The molecule has 1 nitrogen and oxygen atoms in total. The predicted molar refractivity (Wildman–Crippen MR) is 207 cm³/mol. The third kappa shape index (κ3) is 3.94. The van der Waals surface area contributed by atoms with Crippen molar-refractivity contribution < 1.29 is 4.74 Å². The van der Waals surface area contributed by atoms with E-state index in [4.69, 9.17) is 4.74 Å². The molecule has 1 heteroatoms. The lowest BCUT2D eigenvalue weighted by molar-refractivity contribution is 0.487. The molecule has 0 saturated heterocycles. The second kappa shape index (κ2) is 10.0. The van der Waals surface area contributed by atoms with Crippen LogP contribution in [-0.4, -0.2) is 0 Å². The highest BCUT2D eigenvalue weighted by Crippen LogP contribution is 2.50. The summed E-state index contributed by atoms with van der Waals surface area (Å²) in [6.07, 6.45) is 0. The second-order valence-corrected chi connectivity index (χ2v) is 13.3. The van der Waals surface area contributed by atoms with Gasteiger partial charge in [0.25, 0.3) is 0 Å². The van der Waals surface area contributed by atoms with Crippen LogP contribution < -0.4 is 4.74 Å². The molecule has 0 aliphatic carbocycles. The van der Waals surface area contributed by atoms with Crippen LogP contribution in [0.15, 0.2) is 170 Å². The normalized spacial score (nSPS) is 12.2. The molecule has 1 aliphatic heterocycles. The minimum Gasteiger partial charge on any atom is -0.456 e. The van der Waals surface area contributed by atoms with E-state index in [2.05, 4.69) is 170 Å². The van der Waals surface area contributed by atoms with Crippen LogP contribution in [0.1, 0.15) is 0 Å². The standard InChI is InChI=1S/C48H28O/c1-2-7-29(8-3-1)32-20-23-44-43(28-32)42-14-6-13-41-40(22-24-45(49-44)48(41)42)34-19-21-39-33(25-34)11-5-12-38(39)37-26-35-17-15-30-9-4-10-31-16-18-36(27-37)47(35)46(30)31/h1-28H. The number of fused-ring (bicyclic) bond motifs is 3. The quantitative estimate of drug-likeness (QED) is 0.179. The van der Waals surface area contributed by atoms with E-state index < -0.39 is 0 Å². The zero-order valence-electron chi connectivity index (χ0n) is 26.6. The maximum absolute atomic E-state index is 6.54. The van der Waals surface area contributed by atoms with Crippen molar-refractivity contribution in [1.82, 2.24) is 0 Å². The van der Waals surface area contributed by atoms with Crippen LogP contribution in [0.5, 0.6) is 11.5 Å². The summed E-state index contributed by atoms with van der Waals surface area (Å²) in [6.45, 7) is 0. The first-order chi connectivity index (χ1) is 24.3. The van der Waals surface area contributed by atoms with Crippen LogP contribution in [0, 0.1) is 0 Å². The summed E-state index contributed by atoms with van der Waals surface area (Å²) in [6, 6.07) is 62.1. The minimum absolute atomic E-state index is 0.901. The zero-order chi connectivity index (χ0) is 32.1. The first kappa shape index (κ1) is 26.6. The molecule has 0 N–H and O–H groups in total. The Balaban J connectivity index is 1.05. The van der Waals surface area contributed by atoms with E-state index >= 15 is 0 Å². The van der Waals surface area contributed by atoms with Crippen molar-refractivity contribution in [1.29, 1.82) is 0 Å². The van der Waals surface area contributed by atoms with E-state index in [0.717, 1.165) is 17.1 Å². The first-order valence-corrected chi connectivity index (χ1v) is 16.9. The maximum Gasteiger partial charge on any atom is 0.135 e. The smallest absolute Gasteiger partial charge is 0.135 e. The number of benzene rings is 10. The molecule has 0 atom stereocenters. The molecule has 0 spiro atoms. The third-order valence-electron chi connectivity index (χ3n) is 10.6. The molecule has 10 aromatic rings. The third-order valence-corrected chi connectivity index (χ3v) is 10.6. The molecule has 226 valence electrons. The van der Waals surface area contributed by atoms with E-state index in [-0.39, 0.29) is 0 Å². The summed E-state index contributed by atoms with van der Waals surface area (Å²) in [5.74, 6) is 1.81. The Labute approximate surface area is 283 Å². The van der Waals surface area contributed by atoms with Gasteiger partial charge in [-0.2, -0.15) is 0 Å². The molecule has 0 fully saturated rings. The number of hydrogen-bond donors (Lipinski definition) is 0. The van der Waals surface area contributed by atoms with Gasteiger partial charge >= 0.3 is 0 Å². The fraction of sp³-hybridized carbons (Fsp3) is 0. The molecule has 0 saturated carbocycles. The molecule has 0 bridgehead atoms. The van der Waals surface area contributed by atoms with Gasteiger partial charge in [0.05, 0.1) is 0 Å². The molecular formula is C48H28O. The van der Waals surface area contributed by atoms with Gasteiger partial charge in [0.15, 0.2) is 0 Å². The van der Waals surface area contributed by atoms with Gasteiger partial charge in [-0.25, -0.2) is 0 Å². The Kier molecular flexibility index (Phi) is 5.45. The molecule has 0 radical (unpaired) electrons. The van der Waals surface area contributed by atoms with Crippen LogP contribution in [0.2, 0.25) is 0 Å². The molecule has 0 unspecified atom stereocenters. The van der Waals surface area contributed by atoms with Gasteiger partial charge in [0.1, 0.15) is 11.5 Å². The van der Waals surface area contributed by atoms with Crippen LogP contribution in [0.4, 0.5) is 0 Å². The molecule has 10 aromatic carbocycles. The van der Waals surface area contributed by atoms with Gasteiger partial charge in [0.2, 0.25) is 0 Å². The van der Waals surface area contributed by atoms with Gasteiger partial charge in [0, 0.05) is 10.9 Å². The van der Waals surface area contributed by atoms with E-state index in [1.807, 2.05) is 0 Å². The van der Waals surface area contributed by atoms with Crippen molar-refractivity contribution in [3.63, 3.8) is 0 Å². The fourth-order valence-electron chi connectivity index (χ4n) is 8.31. The summed E-state index contributed by atoms with van der Waals surface area (Å²) >= 11 is 0. The molecular weight excluding hydrogens is 593 g/mol. The molecule has 0 aromatic heterocycles. The summed E-state index contributed by atoms with van der Waals surface area (Å²) in [5.41, 5.74) is 9.65. The summed E-state index contributed by atoms with van der Waals surface area (Å²) in [7, 11) is 0. The number of rotatable bonds is 3. The first-order valence-electron chi connectivity index (χ1n) is 16.9. The van der Waals surface area contributed by atoms with Crippen molar-refractivity contribution in [2.45, 2.75) is 0 Å². The monoisotopic (exact) mass is 620 g/mol. The Morgan fingerprint density at radius 1 is 0.265 bits per heavy atom. The van der Waals surface area contributed by atoms with E-state index in [1.165, 1.54) is 92.8 Å². The van der Waals surface area contributed by atoms with Crippen molar-refractivity contribution in [2.24, 2.45) is 0 Å². The largest absolute Gasteiger partial charge is 0.456 e. The van der Waals surface area contributed by atoms with Crippen LogP contribution in [-0.2, 0) is 0 Å². The molecule has 0 amide bonds. The number of hydrogen-bond acceptors (Lipinski definition) is 1. The summed E-state index contributed by atoms with van der Waals surface area (Å²) in [4.78, 5) is 0. The van der Waals surface area contributed by atoms with E-state index in [1.54, 1.807) is 0 Å². The fourth-order valence-corrected chi connectivity index (χ4v) is 8.31. The molecule has 1 heterocycles. The lowest BCUT2D eigenvalue weighted by atomic mass is 9.88. The van der Waals surface area contributed by atoms with E-state index in [9.17, 15) is 0 Å². The van der Waals surface area contributed by atoms with Gasteiger partial charge in [-0.05, 0) is 124 Å². The minimum atomic E-state index is 0.901. The van der Waals surface area contributed by atoms with Crippen LogP contribution in [0.25, 0.3) is 98.4 Å². The van der Waals surface area contributed by atoms with Gasteiger partial charge in [-0.15, -0.1) is 0 Å². The van der Waals surface area contributed by atoms with Crippen LogP contribution >= 0.6 is 0 Å². The van der Waals surface area contributed by atoms with Crippen LogP contribution in [0.3, 0.4) is 0 Å². The van der Waals surface area contributed by atoms with Gasteiger partial charge < -0.3 is 4.74 Å². The van der Waals surface area contributed by atoms with Crippen molar-refractivity contribution >= 4 is 53.9 Å². The Bertz CT molecular complexity index is 2890. The average molecular weight is 621 g/mol. The SMILES string of the molecule is c1ccc(-c2ccc3c(c2)-c2cccc4c(-c5ccc6c(-c7cc8ccc9cccc%10ccc(c7)c8c9%10)cccc6c5)ccc(c24)O3)cc1. The highest BCUT2D eigenvalue weighted by Gasteiger charge is 2.22. The van der Waals surface area contributed by atoms with E-state index in [0.29, 0.717) is 0 Å². The van der Waals surface area contributed by atoms with Gasteiger partial charge in [-0.3, -0.25) is 0 Å². The Morgan fingerprint density at radius 2 is 0.898 bits per heavy atom. The molecule has 1 aliphatic rings. The maximum atomic E-state index is 6.54. The lowest BCUT2D eigenvalue weighted by Crippen LogP contribution is -1.98. The Morgan fingerprint density at radius 3 is 1.73 bits per heavy atom. The zero-order valence-corrected chi connectivity index (χ0v) is 26.6. The summed E-state index contributed by atoms with van der Waals surface area (Å²) < 4.78 is 6.54. The Hall–Kier alpha value is -6.44. The lowest BCUT2D eigenvalue weighted by Gasteiger charge is -2.23. The topological polar surface area (TPSA) is 9.23 Å². The number of ether oxygens (including phenoxy) is 1. The molecule has 49 heavy (non-hydrogen) atoms. The highest BCUT2D eigenvalue weighted by molar-refractivity contribution is 6.24. The van der Waals surface area contributed by atoms with Crippen molar-refractivity contribution in [3.05, 3.63) is 170 Å². The highest BCUT2D eigenvalue weighted by atomic mass is 16.5. The average Bonchev–Trinajstić information content (AvgIpc) is 3.17. The van der Waals surface area contributed by atoms with Crippen molar-refractivity contribution in [2.75, 3.05) is 0 Å². The molecule has 11 rings (SSSR count). The van der Waals surface area contributed by atoms with Gasteiger partial charge in [-0.1, -0.05) is 133 Å². The predicted octanol–water partition coefficient (Wildman–Crippen LogP) is 13.7.